The van der Waals surface area contributed by atoms with Crippen LogP contribution >= 0.6 is 0 Å². The molecule has 6 heteroatoms. The number of amides is 2. The summed E-state index contributed by atoms with van der Waals surface area (Å²) in [6.07, 6.45) is 1.02. The van der Waals surface area contributed by atoms with E-state index in [-0.39, 0.29) is 17.7 Å². The Balaban J connectivity index is 1.61. The van der Waals surface area contributed by atoms with Crippen LogP contribution in [0.3, 0.4) is 0 Å². The monoisotopic (exact) mass is 372 g/mol. The topological polar surface area (TPSA) is 64.7 Å². The molecule has 0 aromatic heterocycles. The second kappa shape index (κ2) is 8.85. The summed E-state index contributed by atoms with van der Waals surface area (Å²) in [4.78, 5) is 30.1. The van der Waals surface area contributed by atoms with Crippen LogP contribution in [0, 0.1) is 12.8 Å². The van der Waals surface area contributed by atoms with Crippen LogP contribution < -0.4 is 10.6 Å². The van der Waals surface area contributed by atoms with Crippen LogP contribution in [0.1, 0.15) is 36.2 Å². The Morgan fingerprint density at radius 3 is 2.41 bits per heavy atom. The Kier molecular flexibility index (Phi) is 6.50. The molecule has 2 atom stereocenters. The molecule has 2 aliphatic heterocycles. The number of nitrogens with zero attached hydrogens (tertiary/aromatic N) is 2. The number of aryl methyl sites for hydroxylation is 1. The zero-order chi connectivity index (χ0) is 19.4. The summed E-state index contributed by atoms with van der Waals surface area (Å²) in [5, 5.41) is 6.35. The normalized spacial score (nSPS) is 22.1. The van der Waals surface area contributed by atoms with E-state index < -0.39 is 6.04 Å². The predicted octanol–water partition coefficient (Wildman–Crippen LogP) is 1.26. The number of carbonyl (C=O) groups excluding carboxylic acids is 2. The number of benzene rings is 1. The van der Waals surface area contributed by atoms with Gasteiger partial charge in [-0.3, -0.25) is 14.5 Å². The van der Waals surface area contributed by atoms with Gasteiger partial charge in [-0.15, -0.1) is 0 Å². The molecule has 1 aromatic rings. The maximum atomic E-state index is 13.1. The molecule has 0 aliphatic carbocycles. The van der Waals surface area contributed by atoms with Crippen LogP contribution in [0.5, 0.6) is 0 Å². The van der Waals surface area contributed by atoms with Crippen LogP contribution in [0.4, 0.5) is 0 Å². The number of piperazine rings is 1. The molecule has 2 aliphatic rings. The van der Waals surface area contributed by atoms with Crippen molar-refractivity contribution in [3.8, 4) is 0 Å². The number of hydrogen-bond donors (Lipinski definition) is 2. The molecule has 0 radical (unpaired) electrons. The van der Waals surface area contributed by atoms with Gasteiger partial charge in [-0.05, 0) is 31.4 Å². The van der Waals surface area contributed by atoms with E-state index in [1.54, 1.807) is 0 Å². The Morgan fingerprint density at radius 1 is 1.11 bits per heavy atom. The van der Waals surface area contributed by atoms with E-state index in [9.17, 15) is 9.59 Å². The minimum absolute atomic E-state index is 0.0445. The summed E-state index contributed by atoms with van der Waals surface area (Å²) in [5.74, 6) is -0.0897. The van der Waals surface area contributed by atoms with E-state index in [1.165, 1.54) is 0 Å². The predicted molar refractivity (Wildman–Crippen MR) is 107 cm³/mol. The van der Waals surface area contributed by atoms with Crippen molar-refractivity contribution in [2.75, 3.05) is 39.3 Å². The first-order valence-electron chi connectivity index (χ1n) is 10.1. The lowest BCUT2D eigenvalue weighted by atomic mass is 10.0. The zero-order valence-corrected chi connectivity index (χ0v) is 16.7. The highest BCUT2D eigenvalue weighted by Crippen LogP contribution is 2.19. The molecule has 1 aromatic carbocycles. The van der Waals surface area contributed by atoms with Crippen molar-refractivity contribution in [2.24, 2.45) is 5.92 Å². The summed E-state index contributed by atoms with van der Waals surface area (Å²) in [7, 11) is 0. The van der Waals surface area contributed by atoms with Gasteiger partial charge in [0, 0.05) is 50.9 Å². The first-order valence-corrected chi connectivity index (χ1v) is 10.1. The van der Waals surface area contributed by atoms with E-state index >= 15 is 0 Å². The first-order chi connectivity index (χ1) is 13.0. The minimum Gasteiger partial charge on any atom is -0.340 e. The number of hydrogen-bond acceptors (Lipinski definition) is 4. The highest BCUT2D eigenvalue weighted by atomic mass is 16.2. The second-order valence-corrected chi connectivity index (χ2v) is 8.07. The maximum Gasteiger partial charge on any atom is 0.251 e. The second-order valence-electron chi connectivity index (χ2n) is 8.07. The van der Waals surface area contributed by atoms with Gasteiger partial charge in [0.1, 0.15) is 6.04 Å². The molecule has 2 N–H and O–H groups in total. The Bertz CT molecular complexity index is 653. The van der Waals surface area contributed by atoms with Gasteiger partial charge in [-0.2, -0.15) is 0 Å². The van der Waals surface area contributed by atoms with Crippen molar-refractivity contribution < 1.29 is 9.59 Å². The molecule has 0 bridgehead atoms. The summed E-state index contributed by atoms with van der Waals surface area (Å²) in [5.41, 5.74) is 1.71. The molecule has 27 heavy (non-hydrogen) atoms. The molecule has 2 unspecified atom stereocenters. The molecule has 6 nitrogen and oxygen atoms in total. The van der Waals surface area contributed by atoms with Crippen molar-refractivity contribution >= 4 is 11.8 Å². The number of rotatable bonds is 5. The van der Waals surface area contributed by atoms with Crippen LogP contribution in [0.15, 0.2) is 24.3 Å². The molecular weight excluding hydrogens is 340 g/mol. The highest BCUT2D eigenvalue weighted by molar-refractivity contribution is 5.97. The van der Waals surface area contributed by atoms with Crippen molar-refractivity contribution in [1.82, 2.24) is 20.4 Å². The van der Waals surface area contributed by atoms with Crippen LogP contribution in [0.2, 0.25) is 0 Å². The fourth-order valence-electron chi connectivity index (χ4n) is 3.93. The van der Waals surface area contributed by atoms with E-state index in [0.717, 1.165) is 51.3 Å². The Labute approximate surface area is 162 Å². The van der Waals surface area contributed by atoms with E-state index in [1.807, 2.05) is 49.9 Å². The molecule has 2 saturated heterocycles. The molecule has 0 saturated carbocycles. The van der Waals surface area contributed by atoms with E-state index in [4.69, 9.17) is 0 Å². The highest BCUT2D eigenvalue weighted by Gasteiger charge is 2.35. The smallest absolute Gasteiger partial charge is 0.251 e. The average Bonchev–Trinajstić information content (AvgIpc) is 3.16. The van der Waals surface area contributed by atoms with Gasteiger partial charge in [0.25, 0.3) is 5.91 Å². The third-order valence-electron chi connectivity index (χ3n) is 5.68. The van der Waals surface area contributed by atoms with Gasteiger partial charge in [0.2, 0.25) is 5.91 Å². The number of carbonyl (C=O) groups is 2. The summed E-state index contributed by atoms with van der Waals surface area (Å²) in [6.45, 7) is 11.6. The zero-order valence-electron chi connectivity index (χ0n) is 16.7. The Morgan fingerprint density at radius 2 is 1.78 bits per heavy atom. The van der Waals surface area contributed by atoms with Gasteiger partial charge < -0.3 is 15.5 Å². The minimum atomic E-state index is -0.486. The molecule has 0 spiro atoms. The standard InChI is InChI=1S/C21H32N4O2/c1-15(2)19(23-20(26)17-6-4-16(3)5-7-17)21(27)25-11-8-18(14-25)24-12-9-22-10-13-24/h4-7,15,18-19,22H,8-14H2,1-3H3,(H,23,26). The third kappa shape index (κ3) is 4.87. The molecule has 148 valence electrons. The van der Waals surface area contributed by atoms with Crippen molar-refractivity contribution in [3.05, 3.63) is 35.4 Å². The SMILES string of the molecule is Cc1ccc(C(=O)NC(C(=O)N2CCC(N3CCNCC3)C2)C(C)C)cc1. The van der Waals surface area contributed by atoms with E-state index in [2.05, 4.69) is 15.5 Å². The number of nitrogens with one attached hydrogen (secondary N) is 2. The maximum absolute atomic E-state index is 13.1. The fourth-order valence-corrected chi connectivity index (χ4v) is 3.93. The van der Waals surface area contributed by atoms with Gasteiger partial charge in [0.05, 0.1) is 0 Å². The van der Waals surface area contributed by atoms with Crippen LogP contribution in [-0.2, 0) is 4.79 Å². The molecular formula is C21H32N4O2. The third-order valence-corrected chi connectivity index (χ3v) is 5.68. The van der Waals surface area contributed by atoms with Crippen molar-refractivity contribution in [2.45, 2.75) is 39.3 Å². The summed E-state index contributed by atoms with van der Waals surface area (Å²) in [6, 6.07) is 7.41. The average molecular weight is 373 g/mol. The van der Waals surface area contributed by atoms with Gasteiger partial charge in [-0.25, -0.2) is 0 Å². The summed E-state index contributed by atoms with van der Waals surface area (Å²) < 4.78 is 0. The lowest BCUT2D eigenvalue weighted by Crippen LogP contribution is -2.52. The van der Waals surface area contributed by atoms with Crippen LogP contribution in [-0.4, -0.2) is 73.0 Å². The molecule has 2 amide bonds. The quantitative estimate of drug-likeness (QED) is 0.817. The van der Waals surface area contributed by atoms with Crippen molar-refractivity contribution in [1.29, 1.82) is 0 Å². The number of likely N-dealkylation sites (tertiary alicyclic amines) is 1. The van der Waals surface area contributed by atoms with Crippen molar-refractivity contribution in [3.63, 3.8) is 0 Å². The fraction of sp³-hybridized carbons (Fsp3) is 0.619. The molecule has 3 rings (SSSR count). The summed E-state index contributed by atoms with van der Waals surface area (Å²) >= 11 is 0. The van der Waals surface area contributed by atoms with Gasteiger partial charge >= 0.3 is 0 Å². The molecule has 2 fully saturated rings. The molecule has 2 heterocycles. The lowest BCUT2D eigenvalue weighted by Gasteiger charge is -2.33. The largest absolute Gasteiger partial charge is 0.340 e. The van der Waals surface area contributed by atoms with E-state index in [0.29, 0.717) is 11.6 Å². The van der Waals surface area contributed by atoms with Gasteiger partial charge in [-0.1, -0.05) is 31.5 Å². The van der Waals surface area contributed by atoms with Gasteiger partial charge in [0.15, 0.2) is 0 Å². The lowest BCUT2D eigenvalue weighted by molar-refractivity contribution is -0.133. The first kappa shape index (κ1) is 19.8. The Hall–Kier alpha value is -1.92. The van der Waals surface area contributed by atoms with Crippen LogP contribution in [0.25, 0.3) is 0 Å².